The average molecular weight is 456 g/mol. The fourth-order valence-electron chi connectivity index (χ4n) is 4.51. The summed E-state index contributed by atoms with van der Waals surface area (Å²) < 4.78 is 30.5. The fourth-order valence-corrected chi connectivity index (χ4v) is 4.51. The van der Waals surface area contributed by atoms with E-state index in [2.05, 4.69) is 34.2 Å². The van der Waals surface area contributed by atoms with Crippen molar-refractivity contribution >= 4 is 22.5 Å². The maximum absolute atomic E-state index is 14.6. The Labute approximate surface area is 192 Å². The zero-order chi connectivity index (χ0) is 23.8. The highest BCUT2D eigenvalue weighted by molar-refractivity contribution is 5.88. The van der Waals surface area contributed by atoms with Crippen LogP contribution in [0.5, 0.6) is 0 Å². The second-order valence-corrected chi connectivity index (χ2v) is 9.67. The van der Waals surface area contributed by atoms with Gasteiger partial charge in [0.1, 0.15) is 12.2 Å². The Balaban J connectivity index is 0.000000275. The van der Waals surface area contributed by atoms with Crippen molar-refractivity contribution in [3.63, 3.8) is 0 Å². The lowest BCUT2D eigenvalue weighted by Crippen LogP contribution is -2.14. The summed E-state index contributed by atoms with van der Waals surface area (Å²) in [5.74, 6) is -0.374. The lowest BCUT2D eigenvalue weighted by Gasteiger charge is -2.28. The van der Waals surface area contributed by atoms with Crippen molar-refractivity contribution in [3.8, 4) is 11.1 Å². The van der Waals surface area contributed by atoms with Crippen LogP contribution in [-0.2, 0) is 0 Å². The number of alkyl halides is 1. The quantitative estimate of drug-likeness (QED) is 0.430. The molecule has 0 radical (unpaired) electrons. The van der Waals surface area contributed by atoms with Gasteiger partial charge in [-0.15, -0.1) is 10.2 Å². The molecule has 0 bridgehead atoms. The highest BCUT2D eigenvalue weighted by atomic mass is 19.1. The predicted molar refractivity (Wildman–Crippen MR) is 126 cm³/mol. The minimum atomic E-state index is -0.571. The molecule has 176 valence electrons. The van der Waals surface area contributed by atoms with Crippen LogP contribution in [0.4, 0.5) is 14.7 Å². The van der Waals surface area contributed by atoms with Gasteiger partial charge in [0.2, 0.25) is 5.95 Å². The van der Waals surface area contributed by atoms with Gasteiger partial charge >= 0.3 is 0 Å². The number of benzene rings is 1. The molecule has 0 spiro atoms. The lowest BCUT2D eigenvalue weighted by molar-refractivity contribution is 0.244. The van der Waals surface area contributed by atoms with Crippen LogP contribution in [0.25, 0.3) is 27.7 Å². The van der Waals surface area contributed by atoms with E-state index in [0.717, 1.165) is 0 Å². The molecule has 2 N–H and O–H groups in total. The number of hydrogen-bond donors (Lipinski definition) is 1. The highest BCUT2D eigenvalue weighted by Crippen LogP contribution is 2.34. The van der Waals surface area contributed by atoms with Gasteiger partial charge in [-0.25, -0.2) is 23.0 Å². The zero-order valence-corrected chi connectivity index (χ0v) is 19.6. The average Bonchev–Trinajstić information content (AvgIpc) is 3.33. The van der Waals surface area contributed by atoms with Gasteiger partial charge in [0.25, 0.3) is 0 Å². The van der Waals surface area contributed by atoms with E-state index in [9.17, 15) is 8.78 Å². The van der Waals surface area contributed by atoms with Crippen LogP contribution in [0, 0.1) is 18.2 Å². The Hall–Kier alpha value is -3.10. The van der Waals surface area contributed by atoms with Crippen LogP contribution < -0.4 is 5.73 Å². The van der Waals surface area contributed by atoms with Gasteiger partial charge < -0.3 is 5.73 Å². The summed E-state index contributed by atoms with van der Waals surface area (Å²) in [6, 6.07) is 4.77. The molecule has 1 saturated carbocycles. The number of anilines is 1. The summed E-state index contributed by atoms with van der Waals surface area (Å²) in [5, 5.41) is 12.0. The van der Waals surface area contributed by atoms with E-state index in [1.807, 2.05) is 0 Å². The first-order valence-corrected chi connectivity index (χ1v) is 11.4. The molecule has 0 amide bonds. The number of aromatic nitrogens is 6. The molecule has 3 aromatic heterocycles. The van der Waals surface area contributed by atoms with E-state index in [4.69, 9.17) is 5.73 Å². The molecule has 1 aromatic carbocycles. The largest absolute Gasteiger partial charge is 0.367 e. The molecule has 1 atom stereocenters. The molecule has 7 nitrogen and oxygen atoms in total. The van der Waals surface area contributed by atoms with Crippen molar-refractivity contribution in [1.29, 1.82) is 0 Å². The third-order valence-electron chi connectivity index (χ3n) is 6.38. The van der Waals surface area contributed by atoms with Gasteiger partial charge in [0.15, 0.2) is 5.82 Å². The number of nitrogen functional groups attached to an aromatic ring is 1. The molecular weight excluding hydrogens is 424 g/mol. The van der Waals surface area contributed by atoms with Crippen molar-refractivity contribution in [1.82, 2.24) is 29.6 Å². The maximum atomic E-state index is 14.6. The Morgan fingerprint density at radius 3 is 2.55 bits per heavy atom. The van der Waals surface area contributed by atoms with Crippen molar-refractivity contribution in [2.45, 2.75) is 65.8 Å². The Morgan fingerprint density at radius 2 is 1.91 bits per heavy atom. The molecule has 1 aliphatic rings. The minimum Gasteiger partial charge on any atom is -0.367 e. The molecule has 0 saturated heterocycles. The smallest absolute Gasteiger partial charge is 0.238 e. The maximum Gasteiger partial charge on any atom is 0.238 e. The van der Waals surface area contributed by atoms with Crippen molar-refractivity contribution in [2.75, 3.05) is 12.4 Å². The standard InChI is InChI=1S/C16H15F2N7.C8H16/c1-8(6-17)25-13-5-10(3-4-12(13)21-23-25)14-11(18)7-24-15(14)9(2)20-16(19)22-24;1-8(2)6-4-3-5-7-8/h3-5,7-8H,6H2,1-2H3,(H2,19,22);3-7H2,1-2H3. The summed E-state index contributed by atoms with van der Waals surface area (Å²) >= 11 is 0. The van der Waals surface area contributed by atoms with Crippen LogP contribution in [-0.4, -0.2) is 36.3 Å². The first-order valence-electron chi connectivity index (χ1n) is 11.4. The number of nitrogens with two attached hydrogens (primary N) is 1. The second kappa shape index (κ2) is 9.03. The number of aryl methyl sites for hydroxylation is 1. The molecular formula is C24H31F2N7. The normalized spacial score (nSPS) is 16.5. The van der Waals surface area contributed by atoms with Crippen LogP contribution in [0.1, 0.15) is 64.6 Å². The molecule has 9 heteroatoms. The number of rotatable bonds is 3. The van der Waals surface area contributed by atoms with Crippen molar-refractivity contribution < 1.29 is 8.78 Å². The molecule has 33 heavy (non-hydrogen) atoms. The van der Waals surface area contributed by atoms with Gasteiger partial charge in [0.05, 0.1) is 29.0 Å². The van der Waals surface area contributed by atoms with Crippen LogP contribution in [0.15, 0.2) is 24.4 Å². The summed E-state index contributed by atoms with van der Waals surface area (Å²) in [4.78, 5) is 4.11. The van der Waals surface area contributed by atoms with E-state index >= 15 is 0 Å². The second-order valence-electron chi connectivity index (χ2n) is 9.67. The van der Waals surface area contributed by atoms with Crippen LogP contribution in [0.3, 0.4) is 0 Å². The first-order chi connectivity index (χ1) is 15.7. The van der Waals surface area contributed by atoms with Gasteiger partial charge in [0, 0.05) is 5.56 Å². The van der Waals surface area contributed by atoms with E-state index in [-0.39, 0.29) is 5.95 Å². The minimum absolute atomic E-state index is 0.0704. The van der Waals surface area contributed by atoms with Crippen molar-refractivity contribution in [3.05, 3.63) is 35.9 Å². The number of hydrogen-bond acceptors (Lipinski definition) is 5. The zero-order valence-electron chi connectivity index (χ0n) is 19.6. The number of halogens is 2. The fraction of sp³-hybridized carbons (Fsp3) is 0.500. The summed E-state index contributed by atoms with van der Waals surface area (Å²) in [7, 11) is 0. The number of fused-ring (bicyclic) bond motifs is 2. The predicted octanol–water partition coefficient (Wildman–Crippen LogP) is 5.68. The topological polar surface area (TPSA) is 86.9 Å². The molecule has 1 fully saturated rings. The monoisotopic (exact) mass is 455 g/mol. The van der Waals surface area contributed by atoms with Gasteiger partial charge in [-0.2, -0.15) is 0 Å². The van der Waals surface area contributed by atoms with E-state index < -0.39 is 18.5 Å². The Bertz CT molecular complexity index is 1270. The molecule has 1 unspecified atom stereocenters. The Kier molecular flexibility index (Phi) is 6.32. The first kappa shape index (κ1) is 23.1. The van der Waals surface area contributed by atoms with Crippen LogP contribution in [0.2, 0.25) is 0 Å². The van der Waals surface area contributed by atoms with E-state index in [1.165, 1.54) is 47.5 Å². The summed E-state index contributed by atoms with van der Waals surface area (Å²) in [6.07, 6.45) is 8.57. The number of nitrogens with zero attached hydrogens (tertiary/aromatic N) is 6. The highest BCUT2D eigenvalue weighted by Gasteiger charge is 2.20. The molecule has 0 aliphatic heterocycles. The van der Waals surface area contributed by atoms with Gasteiger partial charge in [-0.1, -0.05) is 44.4 Å². The third-order valence-corrected chi connectivity index (χ3v) is 6.38. The lowest BCUT2D eigenvalue weighted by atomic mass is 9.78. The van der Waals surface area contributed by atoms with Crippen molar-refractivity contribution in [2.24, 2.45) is 5.41 Å². The van der Waals surface area contributed by atoms with E-state index in [0.29, 0.717) is 38.8 Å². The molecule has 5 rings (SSSR count). The van der Waals surface area contributed by atoms with Gasteiger partial charge in [-0.05, 0) is 49.8 Å². The third kappa shape index (κ3) is 4.67. The summed E-state index contributed by atoms with van der Waals surface area (Å²) in [6.45, 7) is 7.64. The SMILES string of the molecule is CC1(C)CCCCC1.Cc1nc(N)nn2cc(F)c(-c3ccc4nnn(C(C)CF)c4c3)c12. The van der Waals surface area contributed by atoms with Gasteiger partial charge in [-0.3, -0.25) is 0 Å². The summed E-state index contributed by atoms with van der Waals surface area (Å²) in [5.41, 5.74) is 9.63. The van der Waals surface area contributed by atoms with Crippen LogP contribution >= 0.6 is 0 Å². The molecule has 3 heterocycles. The van der Waals surface area contributed by atoms with E-state index in [1.54, 1.807) is 32.0 Å². The molecule has 1 aliphatic carbocycles. The Morgan fingerprint density at radius 1 is 1.18 bits per heavy atom. The molecule has 4 aromatic rings.